The van der Waals surface area contributed by atoms with E-state index in [0.29, 0.717) is 11.4 Å². The second-order valence-electron chi connectivity index (χ2n) is 2.73. The van der Waals surface area contributed by atoms with E-state index in [4.69, 9.17) is 4.55 Å². The van der Waals surface area contributed by atoms with Crippen LogP contribution in [0, 0.1) is 0 Å². The lowest BCUT2D eigenvalue weighted by molar-refractivity contribution is 0.477. The minimum atomic E-state index is -4.09. The van der Waals surface area contributed by atoms with Crippen LogP contribution in [0.25, 0.3) is 0 Å². The lowest BCUT2D eigenvalue weighted by Crippen LogP contribution is -2.31. The SMILES string of the molecule is O=S(=O)(O)C1Nc2ccccc2N1. The van der Waals surface area contributed by atoms with Crippen molar-refractivity contribution in [3.63, 3.8) is 0 Å². The van der Waals surface area contributed by atoms with Gasteiger partial charge in [0.2, 0.25) is 5.50 Å². The van der Waals surface area contributed by atoms with E-state index in [9.17, 15) is 8.42 Å². The van der Waals surface area contributed by atoms with Crippen molar-refractivity contribution in [2.75, 3.05) is 10.6 Å². The van der Waals surface area contributed by atoms with E-state index in [-0.39, 0.29) is 0 Å². The molecule has 1 aromatic rings. The molecule has 0 fully saturated rings. The number of rotatable bonds is 1. The third-order valence-corrected chi connectivity index (χ3v) is 2.63. The van der Waals surface area contributed by atoms with Gasteiger partial charge in [0.15, 0.2) is 0 Å². The maximum absolute atomic E-state index is 10.7. The van der Waals surface area contributed by atoms with Crippen LogP contribution in [0.4, 0.5) is 11.4 Å². The Morgan fingerprint density at radius 3 is 2.00 bits per heavy atom. The van der Waals surface area contributed by atoms with E-state index in [0.717, 1.165) is 0 Å². The van der Waals surface area contributed by atoms with Crippen molar-refractivity contribution < 1.29 is 13.0 Å². The van der Waals surface area contributed by atoms with Crippen LogP contribution in [0.1, 0.15) is 0 Å². The van der Waals surface area contributed by atoms with Crippen molar-refractivity contribution in [1.29, 1.82) is 0 Å². The van der Waals surface area contributed by atoms with Gasteiger partial charge < -0.3 is 10.6 Å². The molecule has 0 aromatic heterocycles. The molecule has 2 rings (SSSR count). The zero-order chi connectivity index (χ0) is 9.47. The van der Waals surface area contributed by atoms with Crippen molar-refractivity contribution in [3.05, 3.63) is 24.3 Å². The van der Waals surface area contributed by atoms with Crippen LogP contribution in [0.2, 0.25) is 0 Å². The predicted molar refractivity (Wildman–Crippen MR) is 49.0 cm³/mol. The Morgan fingerprint density at radius 2 is 1.62 bits per heavy atom. The Balaban J connectivity index is 2.33. The topological polar surface area (TPSA) is 78.4 Å². The number of hydrogen-bond donors (Lipinski definition) is 3. The van der Waals surface area contributed by atoms with Crippen LogP contribution in [0.15, 0.2) is 24.3 Å². The van der Waals surface area contributed by atoms with Crippen LogP contribution >= 0.6 is 0 Å². The van der Waals surface area contributed by atoms with Crippen molar-refractivity contribution >= 4 is 21.5 Å². The average molecular weight is 200 g/mol. The molecule has 0 amide bonds. The molecular formula is C7H8N2O3S. The number of hydrogen-bond acceptors (Lipinski definition) is 4. The summed E-state index contributed by atoms with van der Waals surface area (Å²) in [5.74, 6) is 0. The maximum Gasteiger partial charge on any atom is 0.305 e. The monoisotopic (exact) mass is 200 g/mol. The number of benzene rings is 1. The molecule has 0 radical (unpaired) electrons. The van der Waals surface area contributed by atoms with E-state index >= 15 is 0 Å². The van der Waals surface area contributed by atoms with E-state index in [1.807, 2.05) is 0 Å². The number of fused-ring (bicyclic) bond motifs is 1. The molecule has 0 aliphatic carbocycles. The largest absolute Gasteiger partial charge is 0.349 e. The molecule has 0 atom stereocenters. The summed E-state index contributed by atoms with van der Waals surface area (Å²) in [6.45, 7) is 0. The van der Waals surface area contributed by atoms with Gasteiger partial charge in [-0.2, -0.15) is 8.42 Å². The van der Waals surface area contributed by atoms with Crippen molar-refractivity contribution in [2.24, 2.45) is 0 Å². The lowest BCUT2D eigenvalue weighted by Gasteiger charge is -2.06. The van der Waals surface area contributed by atoms with Crippen molar-refractivity contribution in [2.45, 2.75) is 5.50 Å². The molecule has 0 saturated carbocycles. The Hall–Kier alpha value is -1.27. The smallest absolute Gasteiger partial charge is 0.305 e. The summed E-state index contributed by atoms with van der Waals surface area (Å²) in [4.78, 5) is 0. The second-order valence-corrected chi connectivity index (χ2v) is 4.23. The molecule has 0 saturated heterocycles. The van der Waals surface area contributed by atoms with Gasteiger partial charge in [-0.25, -0.2) is 0 Å². The Labute approximate surface area is 75.5 Å². The minimum Gasteiger partial charge on any atom is -0.349 e. The summed E-state index contributed by atoms with van der Waals surface area (Å²) >= 11 is 0. The Morgan fingerprint density at radius 1 is 1.15 bits per heavy atom. The van der Waals surface area contributed by atoms with Gasteiger partial charge in [-0.1, -0.05) is 12.1 Å². The molecular weight excluding hydrogens is 192 g/mol. The van der Waals surface area contributed by atoms with E-state index in [1.165, 1.54) is 0 Å². The summed E-state index contributed by atoms with van der Waals surface area (Å²) in [5, 5.41) is 5.25. The standard InChI is InChI=1S/C7H8N2O3S/c10-13(11,12)7-8-5-3-1-2-4-6(5)9-7/h1-4,7-9H,(H,10,11,12). The van der Waals surface area contributed by atoms with Gasteiger partial charge in [0, 0.05) is 0 Å². The molecule has 6 heteroatoms. The molecule has 1 aliphatic heterocycles. The number of anilines is 2. The molecule has 13 heavy (non-hydrogen) atoms. The highest BCUT2D eigenvalue weighted by molar-refractivity contribution is 7.86. The first kappa shape index (κ1) is 8.33. The summed E-state index contributed by atoms with van der Waals surface area (Å²) in [6.07, 6.45) is 0. The third-order valence-electron chi connectivity index (χ3n) is 1.80. The molecule has 3 N–H and O–H groups in total. The summed E-state index contributed by atoms with van der Waals surface area (Å²) in [5.41, 5.74) is 0.208. The van der Waals surface area contributed by atoms with Crippen molar-refractivity contribution in [1.82, 2.24) is 0 Å². The second kappa shape index (κ2) is 2.61. The fraction of sp³-hybridized carbons (Fsp3) is 0.143. The molecule has 70 valence electrons. The highest BCUT2D eigenvalue weighted by Crippen LogP contribution is 2.29. The molecule has 1 aromatic carbocycles. The van der Waals surface area contributed by atoms with Gasteiger partial charge in [0.1, 0.15) is 0 Å². The van der Waals surface area contributed by atoms with Gasteiger partial charge in [-0.3, -0.25) is 4.55 Å². The molecule has 0 bridgehead atoms. The van der Waals surface area contributed by atoms with Gasteiger partial charge in [-0.15, -0.1) is 0 Å². The average Bonchev–Trinajstić information content (AvgIpc) is 2.45. The zero-order valence-corrected chi connectivity index (χ0v) is 7.38. The molecule has 1 aliphatic rings. The van der Waals surface area contributed by atoms with Crippen LogP contribution in [-0.2, 0) is 10.1 Å². The van der Waals surface area contributed by atoms with E-state index in [1.54, 1.807) is 24.3 Å². The first-order valence-corrected chi connectivity index (χ1v) is 5.16. The number of nitrogens with one attached hydrogen (secondary N) is 2. The molecule has 0 spiro atoms. The highest BCUT2D eigenvalue weighted by Gasteiger charge is 2.28. The maximum atomic E-state index is 10.7. The molecule has 1 heterocycles. The van der Waals surface area contributed by atoms with Crippen LogP contribution in [0.3, 0.4) is 0 Å². The van der Waals surface area contributed by atoms with Crippen LogP contribution in [-0.4, -0.2) is 18.5 Å². The van der Waals surface area contributed by atoms with Crippen LogP contribution < -0.4 is 10.6 Å². The minimum absolute atomic E-state index is 0.671. The van der Waals surface area contributed by atoms with Gasteiger partial charge in [0.05, 0.1) is 11.4 Å². The van der Waals surface area contributed by atoms with Gasteiger partial charge in [-0.05, 0) is 12.1 Å². The van der Waals surface area contributed by atoms with Gasteiger partial charge in [0.25, 0.3) is 0 Å². The summed E-state index contributed by atoms with van der Waals surface area (Å²) < 4.78 is 30.2. The normalized spacial score (nSPS) is 16.1. The lowest BCUT2D eigenvalue weighted by atomic mass is 10.3. The Bertz CT molecular complexity index is 404. The third kappa shape index (κ3) is 1.45. The zero-order valence-electron chi connectivity index (χ0n) is 6.56. The predicted octanol–water partition coefficient (Wildman–Crippen LogP) is 0.695. The fourth-order valence-electron chi connectivity index (χ4n) is 1.20. The summed E-state index contributed by atoms with van der Waals surface area (Å²) in [6, 6.07) is 7.01. The van der Waals surface area contributed by atoms with Crippen LogP contribution in [0.5, 0.6) is 0 Å². The summed E-state index contributed by atoms with van der Waals surface area (Å²) in [7, 11) is -4.09. The molecule has 0 unspecified atom stereocenters. The fourth-order valence-corrected chi connectivity index (χ4v) is 1.75. The van der Waals surface area contributed by atoms with Gasteiger partial charge >= 0.3 is 10.1 Å². The van der Waals surface area contributed by atoms with E-state index in [2.05, 4.69) is 10.6 Å². The van der Waals surface area contributed by atoms with Crippen molar-refractivity contribution in [3.8, 4) is 0 Å². The first-order valence-electron chi connectivity index (χ1n) is 3.66. The number of para-hydroxylation sites is 2. The molecule has 5 nitrogen and oxygen atoms in total. The quantitative estimate of drug-likeness (QED) is 0.581. The Kier molecular flexibility index (Phi) is 1.67. The van der Waals surface area contributed by atoms with E-state index < -0.39 is 15.6 Å². The highest BCUT2D eigenvalue weighted by atomic mass is 32.2. The first-order chi connectivity index (χ1) is 6.07.